The van der Waals surface area contributed by atoms with Gasteiger partial charge in [0.15, 0.2) is 11.5 Å². The molecule has 0 unspecified atom stereocenters. The molecule has 6 rings (SSSR count). The smallest absolute Gasteiger partial charge is 0.258 e. The maximum Gasteiger partial charge on any atom is 0.258 e. The van der Waals surface area contributed by atoms with Crippen molar-refractivity contribution in [3.8, 4) is 21.3 Å². The molecule has 4 aromatic rings. The third-order valence-corrected chi connectivity index (χ3v) is 8.83. The second kappa shape index (κ2) is 7.94. The zero-order chi connectivity index (χ0) is 25.5. The van der Waals surface area contributed by atoms with Crippen molar-refractivity contribution < 1.29 is 18.4 Å². The number of rotatable bonds is 4. The molecule has 4 aromatic heterocycles. The average molecular weight is 517 g/mol. The number of hydrogen-bond acceptors (Lipinski definition) is 6. The van der Waals surface area contributed by atoms with E-state index >= 15 is 0 Å². The maximum absolute atomic E-state index is 13.2. The molecule has 6 nitrogen and oxygen atoms in total. The molecule has 2 N–H and O–H groups in total. The molecule has 36 heavy (non-hydrogen) atoms. The summed E-state index contributed by atoms with van der Waals surface area (Å²) in [6.45, 7) is 12.1. The highest BCUT2D eigenvalue weighted by atomic mass is 32.1. The lowest BCUT2D eigenvalue weighted by atomic mass is 10.0. The fourth-order valence-electron chi connectivity index (χ4n) is 4.98. The minimum Gasteiger partial charge on any atom is -0.453 e. The first kappa shape index (κ1) is 22.8. The van der Waals surface area contributed by atoms with Gasteiger partial charge in [0.1, 0.15) is 11.5 Å². The molecule has 182 valence electrons. The molecule has 2 aliphatic heterocycles. The normalized spacial score (nSPS) is 15.3. The third-order valence-electron chi connectivity index (χ3n) is 6.50. The Labute approximate surface area is 216 Å². The van der Waals surface area contributed by atoms with Crippen molar-refractivity contribution in [2.75, 3.05) is 0 Å². The highest BCUT2D eigenvalue weighted by Gasteiger charge is 2.43. The highest BCUT2D eigenvalue weighted by Crippen LogP contribution is 2.43. The van der Waals surface area contributed by atoms with Gasteiger partial charge in [-0.3, -0.25) is 9.59 Å². The van der Waals surface area contributed by atoms with Gasteiger partial charge in [0.25, 0.3) is 11.8 Å². The topological polar surface area (TPSA) is 84.5 Å². The molecule has 0 atom stereocenters. The van der Waals surface area contributed by atoms with E-state index in [9.17, 15) is 9.59 Å². The van der Waals surface area contributed by atoms with E-state index in [0.717, 1.165) is 43.5 Å². The molecule has 0 saturated heterocycles. The Morgan fingerprint density at radius 2 is 0.972 bits per heavy atom. The van der Waals surface area contributed by atoms with Crippen LogP contribution in [0, 0.1) is 41.5 Å². The molecule has 8 heteroatoms. The van der Waals surface area contributed by atoms with Crippen molar-refractivity contribution in [1.82, 2.24) is 10.6 Å². The lowest BCUT2D eigenvalue weighted by Crippen LogP contribution is -2.21. The van der Waals surface area contributed by atoms with Crippen LogP contribution in [0.3, 0.4) is 0 Å². The van der Waals surface area contributed by atoms with E-state index < -0.39 is 0 Å². The molecule has 0 saturated carbocycles. The van der Waals surface area contributed by atoms with Gasteiger partial charge in [0, 0.05) is 9.75 Å². The Hall–Kier alpha value is -3.62. The quantitative estimate of drug-likeness (QED) is 0.322. The van der Waals surface area contributed by atoms with Crippen LogP contribution in [-0.2, 0) is 9.59 Å². The number of aryl methyl sites for hydroxylation is 6. The monoisotopic (exact) mass is 516 g/mol. The van der Waals surface area contributed by atoms with Crippen LogP contribution in [-0.4, -0.2) is 11.8 Å². The largest absolute Gasteiger partial charge is 0.453 e. The van der Waals surface area contributed by atoms with Crippen molar-refractivity contribution in [1.29, 1.82) is 0 Å². The summed E-state index contributed by atoms with van der Waals surface area (Å²) < 4.78 is 12.5. The lowest BCUT2D eigenvalue weighted by Gasteiger charge is -2.05. The van der Waals surface area contributed by atoms with Crippen LogP contribution in [0.5, 0.6) is 0 Å². The fourth-order valence-corrected chi connectivity index (χ4v) is 6.94. The molecule has 0 fully saturated rings. The summed E-state index contributed by atoms with van der Waals surface area (Å²) in [5.74, 6) is 1.73. The van der Waals surface area contributed by atoms with Gasteiger partial charge < -0.3 is 19.5 Å². The predicted octanol–water partition coefficient (Wildman–Crippen LogP) is 6.56. The summed E-state index contributed by atoms with van der Waals surface area (Å²) in [5, 5.41) is 5.78. The zero-order valence-electron chi connectivity index (χ0n) is 20.8. The fraction of sp³-hybridized carbons (Fsp3) is 0.214. The summed E-state index contributed by atoms with van der Waals surface area (Å²) in [6, 6.07) is 8.15. The highest BCUT2D eigenvalue weighted by molar-refractivity contribution is 7.15. The van der Waals surface area contributed by atoms with Gasteiger partial charge >= 0.3 is 0 Å². The zero-order valence-corrected chi connectivity index (χ0v) is 22.4. The van der Waals surface area contributed by atoms with E-state index in [1.807, 2.05) is 39.8 Å². The van der Waals surface area contributed by atoms with E-state index in [2.05, 4.69) is 36.6 Å². The number of hydrogen-bond donors (Lipinski definition) is 2. The van der Waals surface area contributed by atoms with Gasteiger partial charge in [-0.05, 0) is 88.1 Å². The van der Waals surface area contributed by atoms with E-state index in [0.29, 0.717) is 34.1 Å². The number of furan rings is 2. The summed E-state index contributed by atoms with van der Waals surface area (Å²) in [5.41, 5.74) is 5.33. The van der Waals surface area contributed by atoms with Gasteiger partial charge in [-0.2, -0.15) is 0 Å². The van der Waals surface area contributed by atoms with Gasteiger partial charge in [-0.1, -0.05) is 0 Å². The van der Waals surface area contributed by atoms with Gasteiger partial charge in [-0.25, -0.2) is 0 Å². The number of fused-ring (bicyclic) bond motifs is 1. The molecule has 0 aromatic carbocycles. The van der Waals surface area contributed by atoms with Crippen LogP contribution in [0.2, 0.25) is 0 Å². The number of nitrogens with one attached hydrogen (secondary N) is 2. The van der Waals surface area contributed by atoms with E-state index in [-0.39, 0.29) is 11.8 Å². The van der Waals surface area contributed by atoms with E-state index in [1.165, 1.54) is 9.75 Å². The van der Waals surface area contributed by atoms with Crippen LogP contribution < -0.4 is 10.6 Å². The summed E-state index contributed by atoms with van der Waals surface area (Å²) in [4.78, 5) is 30.8. The molecule has 0 radical (unpaired) electrons. The van der Waals surface area contributed by atoms with Crippen molar-refractivity contribution >= 4 is 45.9 Å². The van der Waals surface area contributed by atoms with Gasteiger partial charge in [0.2, 0.25) is 0 Å². The number of carbonyl (C=O) groups is 2. The predicted molar refractivity (Wildman–Crippen MR) is 143 cm³/mol. The summed E-state index contributed by atoms with van der Waals surface area (Å²) >= 11 is 3.31. The first-order chi connectivity index (χ1) is 17.1. The van der Waals surface area contributed by atoms with Crippen LogP contribution in [0.25, 0.3) is 32.7 Å². The maximum atomic E-state index is 13.2. The van der Waals surface area contributed by atoms with Crippen LogP contribution >= 0.6 is 22.7 Å². The second-order valence-corrected chi connectivity index (χ2v) is 11.9. The van der Waals surface area contributed by atoms with Crippen molar-refractivity contribution in [2.24, 2.45) is 0 Å². The molecule has 2 amide bonds. The van der Waals surface area contributed by atoms with Gasteiger partial charge in [-0.15, -0.1) is 22.7 Å². The minimum atomic E-state index is -0.352. The lowest BCUT2D eigenvalue weighted by molar-refractivity contribution is -0.117. The molecular formula is C28H24N2O4S2. The Morgan fingerprint density at radius 3 is 1.31 bits per heavy atom. The Morgan fingerprint density at radius 1 is 0.583 bits per heavy atom. The SMILES string of the molecule is Cc1cc(C)c(-c2cc(C)c(C3=C4C(=O)NC(c5oc(-c6sc(C)cc6C)cc5C)=C4C(=O)N3)o2)s1. The van der Waals surface area contributed by atoms with E-state index in [1.54, 1.807) is 22.7 Å². The summed E-state index contributed by atoms with van der Waals surface area (Å²) in [7, 11) is 0. The van der Waals surface area contributed by atoms with Crippen LogP contribution in [0.15, 0.2) is 44.2 Å². The number of amides is 2. The average Bonchev–Trinajstić information content (AvgIpc) is 3.61. The first-order valence-electron chi connectivity index (χ1n) is 11.6. The van der Waals surface area contributed by atoms with Crippen LogP contribution in [0.4, 0.5) is 0 Å². The molecular weight excluding hydrogens is 492 g/mol. The Balaban J connectivity index is 1.47. The van der Waals surface area contributed by atoms with Gasteiger partial charge in [0.05, 0.1) is 32.3 Å². The third kappa shape index (κ3) is 3.36. The number of thiophene rings is 2. The van der Waals surface area contributed by atoms with Crippen molar-refractivity contribution in [3.63, 3.8) is 0 Å². The van der Waals surface area contributed by atoms with Crippen molar-refractivity contribution in [2.45, 2.75) is 41.5 Å². The van der Waals surface area contributed by atoms with Crippen LogP contribution in [0.1, 0.15) is 43.5 Å². The molecule has 0 aliphatic carbocycles. The Kier molecular flexibility index (Phi) is 5.04. The van der Waals surface area contributed by atoms with Crippen molar-refractivity contribution in [3.05, 3.63) is 78.9 Å². The standard InChI is InChI=1S/C28H24N2O4S2/c1-11-9-17(25-13(3)7-15(5)35-25)33-23(11)21-19-20(28(32)29-21)22(30-27(19)31)24-12(2)10-18(34-24)26-14(4)8-16(6)36-26/h7-10H,1-6H3,(H,29,32)(H,30,31). The molecule has 0 spiro atoms. The minimum absolute atomic E-state index is 0.290. The summed E-state index contributed by atoms with van der Waals surface area (Å²) in [6.07, 6.45) is 0. The Bertz CT molecular complexity index is 1560. The van der Waals surface area contributed by atoms with E-state index in [4.69, 9.17) is 8.83 Å². The number of carbonyl (C=O) groups excluding carboxylic acids is 2. The molecule has 2 aliphatic rings. The molecule has 0 bridgehead atoms. The second-order valence-electron chi connectivity index (χ2n) is 9.39. The molecule has 6 heterocycles. The first-order valence-corrected chi connectivity index (χ1v) is 13.2.